The Morgan fingerprint density at radius 1 is 1.04 bits per heavy atom. The van der Waals surface area contributed by atoms with E-state index in [0.29, 0.717) is 21.2 Å². The van der Waals surface area contributed by atoms with Gasteiger partial charge in [0.05, 0.1) is 37.9 Å². The van der Waals surface area contributed by atoms with Crippen LogP contribution in [0, 0.1) is 0 Å². The van der Waals surface area contributed by atoms with E-state index >= 15 is 0 Å². The number of nitrogens with one attached hydrogen (secondary N) is 1. The first-order valence-corrected chi connectivity index (χ1v) is 9.98. The molecule has 4 rings (SSSR count). The number of hydrogen-bond donors (Lipinski definition) is 1. The van der Waals surface area contributed by atoms with Crippen LogP contribution in [0.2, 0.25) is 10.0 Å². The second-order valence-electron chi connectivity index (χ2n) is 5.88. The lowest BCUT2D eigenvalue weighted by molar-refractivity contribution is 0.0956. The minimum atomic E-state index is -0.337. The van der Waals surface area contributed by atoms with Crippen LogP contribution in [0.1, 0.15) is 15.9 Å². The Hall–Kier alpha value is -2.73. The van der Waals surface area contributed by atoms with Gasteiger partial charge in [-0.15, -0.1) is 11.3 Å². The number of carbonyl (C=O) groups is 1. The molecule has 2 aromatic carbocycles. The molecule has 0 saturated carbocycles. The van der Waals surface area contributed by atoms with Crippen molar-refractivity contribution in [3.05, 3.63) is 87.2 Å². The molecule has 7 heteroatoms. The molecule has 138 valence electrons. The monoisotopic (exact) mass is 425 g/mol. The second-order valence-corrected chi connectivity index (χ2v) is 7.65. The number of rotatable bonds is 4. The maximum absolute atomic E-state index is 12.8. The lowest BCUT2D eigenvalue weighted by atomic mass is 10.1. The van der Waals surface area contributed by atoms with Crippen molar-refractivity contribution in [1.82, 2.24) is 10.4 Å². The highest BCUT2D eigenvalue weighted by Gasteiger charge is 2.14. The van der Waals surface area contributed by atoms with Crippen LogP contribution in [0.3, 0.4) is 0 Å². The molecular formula is C21H13Cl2N3OS. The van der Waals surface area contributed by atoms with Gasteiger partial charge in [0.1, 0.15) is 0 Å². The van der Waals surface area contributed by atoms with Crippen LogP contribution in [0.4, 0.5) is 0 Å². The number of nitrogens with zero attached hydrogens (tertiary/aromatic N) is 2. The molecule has 0 spiro atoms. The molecule has 0 unspecified atom stereocenters. The van der Waals surface area contributed by atoms with Crippen LogP contribution in [0.5, 0.6) is 0 Å². The zero-order valence-corrected chi connectivity index (χ0v) is 16.7. The number of hydrazone groups is 1. The Balaban J connectivity index is 1.68. The molecule has 2 heterocycles. The number of amides is 1. The fourth-order valence-corrected chi connectivity index (χ4v) is 3.94. The van der Waals surface area contributed by atoms with Gasteiger partial charge in [-0.25, -0.2) is 10.4 Å². The van der Waals surface area contributed by atoms with Crippen LogP contribution in [0.25, 0.3) is 21.5 Å². The predicted molar refractivity (Wildman–Crippen MR) is 117 cm³/mol. The molecule has 28 heavy (non-hydrogen) atoms. The van der Waals surface area contributed by atoms with Gasteiger partial charge in [0.15, 0.2) is 0 Å². The highest BCUT2D eigenvalue weighted by atomic mass is 35.5. The first-order valence-electron chi connectivity index (χ1n) is 8.34. The van der Waals surface area contributed by atoms with E-state index in [1.165, 1.54) is 6.21 Å². The number of hydrogen-bond acceptors (Lipinski definition) is 4. The number of carbonyl (C=O) groups excluding carboxylic acids is 1. The third-order valence-electron chi connectivity index (χ3n) is 4.09. The summed E-state index contributed by atoms with van der Waals surface area (Å²) in [5.74, 6) is -0.337. The Labute approximate surface area is 175 Å². The van der Waals surface area contributed by atoms with Gasteiger partial charge in [-0.1, -0.05) is 53.5 Å². The topological polar surface area (TPSA) is 54.4 Å². The number of aromatic nitrogens is 1. The molecule has 0 atom stereocenters. The lowest BCUT2D eigenvalue weighted by Crippen LogP contribution is -2.18. The van der Waals surface area contributed by atoms with Crippen molar-refractivity contribution in [2.45, 2.75) is 0 Å². The van der Waals surface area contributed by atoms with Gasteiger partial charge in [-0.2, -0.15) is 5.10 Å². The van der Waals surface area contributed by atoms with Crippen LogP contribution >= 0.6 is 34.5 Å². The number of benzene rings is 2. The summed E-state index contributed by atoms with van der Waals surface area (Å²) in [6.07, 6.45) is 1.44. The van der Waals surface area contributed by atoms with E-state index in [1.54, 1.807) is 35.6 Å². The molecule has 4 aromatic rings. The summed E-state index contributed by atoms with van der Waals surface area (Å²) in [5.41, 5.74) is 5.09. The molecule has 0 aliphatic heterocycles. The maximum Gasteiger partial charge on any atom is 0.272 e. The number of pyridine rings is 1. The molecule has 0 bridgehead atoms. The Bertz CT molecular complexity index is 1170. The minimum absolute atomic E-state index is 0.337. The van der Waals surface area contributed by atoms with E-state index in [4.69, 9.17) is 23.2 Å². The zero-order valence-electron chi connectivity index (χ0n) is 14.4. The summed E-state index contributed by atoms with van der Waals surface area (Å²) in [4.78, 5) is 18.5. The van der Waals surface area contributed by atoms with Crippen LogP contribution in [-0.4, -0.2) is 17.1 Å². The lowest BCUT2D eigenvalue weighted by Gasteiger charge is -2.08. The van der Waals surface area contributed by atoms with Gasteiger partial charge >= 0.3 is 0 Å². The van der Waals surface area contributed by atoms with Crippen LogP contribution in [0.15, 0.2) is 71.1 Å². The van der Waals surface area contributed by atoms with E-state index in [0.717, 1.165) is 21.5 Å². The number of thiophene rings is 1. The summed E-state index contributed by atoms with van der Waals surface area (Å²) in [5, 5.41) is 7.68. The van der Waals surface area contributed by atoms with E-state index in [9.17, 15) is 4.79 Å². The zero-order chi connectivity index (χ0) is 19.5. The number of halogens is 2. The third kappa shape index (κ3) is 3.78. The van der Waals surface area contributed by atoms with Crippen molar-refractivity contribution in [2.24, 2.45) is 5.10 Å². The van der Waals surface area contributed by atoms with Gasteiger partial charge in [-0.3, -0.25) is 4.79 Å². The highest BCUT2D eigenvalue weighted by Crippen LogP contribution is 2.28. The summed E-state index contributed by atoms with van der Waals surface area (Å²) < 4.78 is 0. The minimum Gasteiger partial charge on any atom is -0.267 e. The van der Waals surface area contributed by atoms with Gasteiger partial charge in [-0.05, 0) is 35.7 Å². The third-order valence-corrected chi connectivity index (χ3v) is 5.65. The van der Waals surface area contributed by atoms with Gasteiger partial charge in [0, 0.05) is 10.9 Å². The predicted octanol–water partition coefficient (Wildman–Crippen LogP) is 6.03. The van der Waals surface area contributed by atoms with Crippen molar-refractivity contribution >= 4 is 57.6 Å². The van der Waals surface area contributed by atoms with Crippen molar-refractivity contribution in [3.8, 4) is 10.6 Å². The molecule has 0 radical (unpaired) electrons. The van der Waals surface area contributed by atoms with Crippen molar-refractivity contribution in [2.75, 3.05) is 0 Å². The van der Waals surface area contributed by atoms with E-state index in [-0.39, 0.29) is 5.91 Å². The average Bonchev–Trinajstić information content (AvgIpc) is 3.24. The van der Waals surface area contributed by atoms with E-state index in [2.05, 4.69) is 15.5 Å². The second kappa shape index (κ2) is 8.10. The largest absolute Gasteiger partial charge is 0.272 e. The molecule has 4 nitrogen and oxygen atoms in total. The molecule has 0 fully saturated rings. The maximum atomic E-state index is 12.8. The molecule has 1 N–H and O–H groups in total. The van der Waals surface area contributed by atoms with Gasteiger partial charge in [0.2, 0.25) is 0 Å². The Morgan fingerprint density at radius 3 is 2.57 bits per heavy atom. The molecule has 2 aromatic heterocycles. The first-order chi connectivity index (χ1) is 13.6. The fraction of sp³-hybridized carbons (Fsp3) is 0. The first kappa shape index (κ1) is 18.6. The fourth-order valence-electron chi connectivity index (χ4n) is 2.76. The molecule has 0 saturated heterocycles. The normalized spacial score (nSPS) is 11.2. The van der Waals surface area contributed by atoms with E-state index in [1.807, 2.05) is 41.8 Å². The van der Waals surface area contributed by atoms with Crippen LogP contribution < -0.4 is 5.43 Å². The molecule has 0 aliphatic carbocycles. The summed E-state index contributed by atoms with van der Waals surface area (Å²) >= 11 is 13.8. The SMILES string of the molecule is O=C(N/N=C\c1c(Cl)cccc1Cl)c1cc(-c2cccs2)nc2ccccc12. The highest BCUT2D eigenvalue weighted by molar-refractivity contribution is 7.13. The summed E-state index contributed by atoms with van der Waals surface area (Å²) in [6, 6.07) is 18.4. The van der Waals surface area contributed by atoms with E-state index < -0.39 is 0 Å². The Morgan fingerprint density at radius 2 is 1.82 bits per heavy atom. The quantitative estimate of drug-likeness (QED) is 0.320. The van der Waals surface area contributed by atoms with Crippen molar-refractivity contribution in [3.63, 3.8) is 0 Å². The smallest absolute Gasteiger partial charge is 0.267 e. The average molecular weight is 426 g/mol. The van der Waals surface area contributed by atoms with Gasteiger partial charge in [0.25, 0.3) is 5.91 Å². The molecule has 0 aliphatic rings. The Kier molecular flexibility index (Phi) is 5.39. The number of para-hydroxylation sites is 1. The summed E-state index contributed by atoms with van der Waals surface area (Å²) in [6.45, 7) is 0. The van der Waals surface area contributed by atoms with Crippen LogP contribution in [-0.2, 0) is 0 Å². The number of fused-ring (bicyclic) bond motifs is 1. The van der Waals surface area contributed by atoms with Crippen molar-refractivity contribution in [1.29, 1.82) is 0 Å². The standard InChI is InChI=1S/C21H13Cl2N3OS/c22-16-6-3-7-17(23)15(16)12-24-26-21(27)14-11-19(20-9-4-10-28-20)25-18-8-2-1-5-13(14)18/h1-12H,(H,26,27)/b24-12-. The summed E-state index contributed by atoms with van der Waals surface area (Å²) in [7, 11) is 0. The van der Waals surface area contributed by atoms with Gasteiger partial charge < -0.3 is 0 Å². The van der Waals surface area contributed by atoms with Crippen molar-refractivity contribution < 1.29 is 4.79 Å². The molecular weight excluding hydrogens is 413 g/mol. The molecule has 1 amide bonds.